The fraction of sp³-hybridized carbons (Fsp3) is 0.438. The molecule has 1 aromatic carbocycles. The standard InChI is InChI=1S/C16H22N2O4/c1-12(19)18(11-13-7-5-4-6-8-13)10-9-14(20)17-16(2,3)15(21)22/h4-8H,9-11H2,1-3H3,(H,17,20)(H,21,22). The van der Waals surface area contributed by atoms with Crippen molar-refractivity contribution in [1.82, 2.24) is 10.2 Å². The number of rotatable bonds is 7. The molecule has 1 rings (SSSR count). The number of nitrogens with one attached hydrogen (secondary N) is 1. The van der Waals surface area contributed by atoms with Crippen LogP contribution in [0.25, 0.3) is 0 Å². The highest BCUT2D eigenvalue weighted by Gasteiger charge is 2.28. The molecule has 0 aliphatic carbocycles. The van der Waals surface area contributed by atoms with E-state index in [2.05, 4.69) is 5.32 Å². The topological polar surface area (TPSA) is 86.7 Å². The van der Waals surface area contributed by atoms with Crippen molar-refractivity contribution in [3.63, 3.8) is 0 Å². The zero-order chi connectivity index (χ0) is 16.8. The molecule has 6 heteroatoms. The molecule has 120 valence electrons. The van der Waals surface area contributed by atoms with E-state index in [0.717, 1.165) is 5.56 Å². The van der Waals surface area contributed by atoms with Crippen molar-refractivity contribution in [2.45, 2.75) is 39.3 Å². The van der Waals surface area contributed by atoms with Gasteiger partial charge in [0.2, 0.25) is 11.8 Å². The first-order chi connectivity index (χ1) is 10.2. The number of hydrogen-bond acceptors (Lipinski definition) is 3. The lowest BCUT2D eigenvalue weighted by atomic mass is 10.1. The molecule has 0 radical (unpaired) electrons. The molecule has 0 bridgehead atoms. The van der Waals surface area contributed by atoms with Crippen molar-refractivity contribution in [3.05, 3.63) is 35.9 Å². The van der Waals surface area contributed by atoms with Gasteiger partial charge in [0.15, 0.2) is 0 Å². The second-order valence-electron chi connectivity index (χ2n) is 5.65. The maximum atomic E-state index is 11.8. The average Bonchev–Trinajstić information content (AvgIpc) is 2.43. The summed E-state index contributed by atoms with van der Waals surface area (Å²) in [4.78, 5) is 36.0. The normalized spacial score (nSPS) is 10.9. The molecule has 1 aromatic rings. The SMILES string of the molecule is CC(=O)N(CCC(=O)NC(C)(C)C(=O)O)Cc1ccccc1. The highest BCUT2D eigenvalue weighted by atomic mass is 16.4. The van der Waals surface area contributed by atoms with Gasteiger partial charge in [0.25, 0.3) is 0 Å². The number of carbonyl (C=O) groups excluding carboxylic acids is 2. The van der Waals surface area contributed by atoms with Crippen LogP contribution in [0.15, 0.2) is 30.3 Å². The zero-order valence-corrected chi connectivity index (χ0v) is 13.1. The number of nitrogens with zero attached hydrogens (tertiary/aromatic N) is 1. The highest BCUT2D eigenvalue weighted by molar-refractivity contribution is 5.86. The van der Waals surface area contributed by atoms with Gasteiger partial charge in [-0.25, -0.2) is 4.79 Å². The number of carboxylic acids is 1. The maximum Gasteiger partial charge on any atom is 0.328 e. The van der Waals surface area contributed by atoms with Crippen LogP contribution in [0.3, 0.4) is 0 Å². The second kappa shape index (κ2) is 7.59. The first-order valence-electron chi connectivity index (χ1n) is 7.06. The smallest absolute Gasteiger partial charge is 0.328 e. The highest BCUT2D eigenvalue weighted by Crippen LogP contribution is 2.07. The van der Waals surface area contributed by atoms with Crippen LogP contribution in [0.2, 0.25) is 0 Å². The number of benzene rings is 1. The van der Waals surface area contributed by atoms with E-state index in [-0.39, 0.29) is 18.9 Å². The minimum Gasteiger partial charge on any atom is -0.480 e. The summed E-state index contributed by atoms with van der Waals surface area (Å²) in [5.74, 6) is -1.63. The largest absolute Gasteiger partial charge is 0.480 e. The molecule has 22 heavy (non-hydrogen) atoms. The summed E-state index contributed by atoms with van der Waals surface area (Å²) in [6.45, 7) is 4.94. The number of aliphatic carboxylic acids is 1. The van der Waals surface area contributed by atoms with Crippen molar-refractivity contribution in [2.75, 3.05) is 6.54 Å². The third-order valence-electron chi connectivity index (χ3n) is 3.26. The Bertz CT molecular complexity index is 540. The Balaban J connectivity index is 2.56. The summed E-state index contributed by atoms with van der Waals surface area (Å²) in [7, 11) is 0. The molecule has 0 unspecified atom stereocenters. The fourth-order valence-corrected chi connectivity index (χ4v) is 1.85. The van der Waals surface area contributed by atoms with Gasteiger partial charge in [0, 0.05) is 26.4 Å². The monoisotopic (exact) mass is 306 g/mol. The Morgan fingerprint density at radius 1 is 1.18 bits per heavy atom. The molecule has 0 aliphatic rings. The first-order valence-corrected chi connectivity index (χ1v) is 7.06. The molecular formula is C16H22N2O4. The van der Waals surface area contributed by atoms with Crippen LogP contribution in [0.5, 0.6) is 0 Å². The predicted molar refractivity (Wildman–Crippen MR) is 82.0 cm³/mol. The Kier molecular flexibility index (Phi) is 6.10. The summed E-state index contributed by atoms with van der Waals surface area (Å²) < 4.78 is 0. The Morgan fingerprint density at radius 2 is 1.77 bits per heavy atom. The molecule has 2 amide bonds. The van der Waals surface area contributed by atoms with E-state index < -0.39 is 17.4 Å². The molecule has 0 aromatic heterocycles. The van der Waals surface area contributed by atoms with Gasteiger partial charge in [-0.1, -0.05) is 30.3 Å². The Labute approximate surface area is 130 Å². The van der Waals surface area contributed by atoms with Crippen LogP contribution in [0.4, 0.5) is 0 Å². The summed E-state index contributed by atoms with van der Waals surface area (Å²) in [5, 5.41) is 11.4. The third kappa shape index (κ3) is 5.55. The van der Waals surface area contributed by atoms with E-state index in [1.165, 1.54) is 20.8 Å². The van der Waals surface area contributed by atoms with E-state index in [9.17, 15) is 14.4 Å². The van der Waals surface area contributed by atoms with Crippen LogP contribution >= 0.6 is 0 Å². The fourth-order valence-electron chi connectivity index (χ4n) is 1.85. The Morgan fingerprint density at radius 3 is 2.27 bits per heavy atom. The minimum absolute atomic E-state index is 0.0587. The van der Waals surface area contributed by atoms with Gasteiger partial charge >= 0.3 is 5.97 Å². The minimum atomic E-state index is -1.32. The Hall–Kier alpha value is -2.37. The van der Waals surface area contributed by atoms with Gasteiger partial charge in [0.05, 0.1) is 0 Å². The predicted octanol–water partition coefficient (Wildman–Crippen LogP) is 1.40. The van der Waals surface area contributed by atoms with E-state index in [4.69, 9.17) is 5.11 Å². The van der Waals surface area contributed by atoms with Crippen molar-refractivity contribution in [3.8, 4) is 0 Å². The number of hydrogen-bond donors (Lipinski definition) is 2. The van der Waals surface area contributed by atoms with Crippen molar-refractivity contribution in [1.29, 1.82) is 0 Å². The van der Waals surface area contributed by atoms with Crippen molar-refractivity contribution < 1.29 is 19.5 Å². The molecule has 0 saturated carbocycles. The van der Waals surface area contributed by atoms with E-state index in [1.54, 1.807) is 4.90 Å². The van der Waals surface area contributed by atoms with Gasteiger partial charge in [-0.2, -0.15) is 0 Å². The van der Waals surface area contributed by atoms with Crippen LogP contribution in [-0.4, -0.2) is 39.9 Å². The molecule has 0 fully saturated rings. The first kappa shape index (κ1) is 17.7. The quantitative estimate of drug-likeness (QED) is 0.797. The molecule has 0 saturated heterocycles. The van der Waals surface area contributed by atoms with Gasteiger partial charge in [-0.05, 0) is 19.4 Å². The van der Waals surface area contributed by atoms with E-state index in [1.807, 2.05) is 30.3 Å². The van der Waals surface area contributed by atoms with Gasteiger partial charge in [0.1, 0.15) is 5.54 Å². The van der Waals surface area contributed by atoms with Crippen molar-refractivity contribution in [2.24, 2.45) is 0 Å². The van der Waals surface area contributed by atoms with Crippen LogP contribution in [-0.2, 0) is 20.9 Å². The number of carbonyl (C=O) groups is 3. The number of carboxylic acid groups (broad SMARTS) is 1. The third-order valence-corrected chi connectivity index (χ3v) is 3.26. The van der Waals surface area contributed by atoms with E-state index >= 15 is 0 Å². The van der Waals surface area contributed by atoms with Gasteiger partial charge in [-0.3, -0.25) is 9.59 Å². The summed E-state index contributed by atoms with van der Waals surface area (Å²) in [6, 6.07) is 9.47. The van der Waals surface area contributed by atoms with Gasteiger partial charge < -0.3 is 15.3 Å². The molecule has 0 heterocycles. The lowest BCUT2D eigenvalue weighted by Crippen LogP contribution is -2.50. The number of amides is 2. The van der Waals surface area contributed by atoms with E-state index in [0.29, 0.717) is 6.54 Å². The van der Waals surface area contributed by atoms with Gasteiger partial charge in [-0.15, -0.1) is 0 Å². The lowest BCUT2D eigenvalue weighted by Gasteiger charge is -2.24. The van der Waals surface area contributed by atoms with Crippen LogP contribution < -0.4 is 5.32 Å². The molecule has 0 aliphatic heterocycles. The average molecular weight is 306 g/mol. The molecule has 0 atom stereocenters. The summed E-state index contributed by atoms with van der Waals surface area (Å²) in [5.41, 5.74) is -0.346. The lowest BCUT2D eigenvalue weighted by molar-refractivity contribution is -0.146. The van der Waals surface area contributed by atoms with Crippen LogP contribution in [0.1, 0.15) is 32.8 Å². The molecular weight excluding hydrogens is 284 g/mol. The summed E-state index contributed by atoms with van der Waals surface area (Å²) in [6.07, 6.45) is 0.0587. The van der Waals surface area contributed by atoms with Crippen LogP contribution in [0, 0.1) is 0 Å². The second-order valence-corrected chi connectivity index (χ2v) is 5.65. The molecule has 0 spiro atoms. The maximum absolute atomic E-state index is 11.8. The molecule has 6 nitrogen and oxygen atoms in total. The zero-order valence-electron chi connectivity index (χ0n) is 13.1. The summed E-state index contributed by atoms with van der Waals surface area (Å²) >= 11 is 0. The van der Waals surface area contributed by atoms with Crippen molar-refractivity contribution >= 4 is 17.8 Å². The molecule has 2 N–H and O–H groups in total.